The van der Waals surface area contributed by atoms with E-state index in [-0.39, 0.29) is 0 Å². The summed E-state index contributed by atoms with van der Waals surface area (Å²) in [7, 11) is 1.83. The van der Waals surface area contributed by atoms with Crippen LogP contribution >= 0.6 is 0 Å². The van der Waals surface area contributed by atoms with Crippen LogP contribution in [0, 0.1) is 5.92 Å². The number of piperidine rings is 1. The molecule has 1 aliphatic rings. The number of ether oxygens (including phenoxy) is 1. The quantitative estimate of drug-likeness (QED) is 0.669. The molecule has 0 saturated carbocycles. The van der Waals surface area contributed by atoms with Gasteiger partial charge in [-0.05, 0) is 38.3 Å². The Bertz CT molecular complexity index is 95.7. The molecule has 1 rings (SSSR count). The Morgan fingerprint density at radius 1 is 1.45 bits per heavy atom. The van der Waals surface area contributed by atoms with E-state index < -0.39 is 0 Å². The molecule has 1 heterocycles. The maximum Gasteiger partial charge on any atom is 0.0597 e. The van der Waals surface area contributed by atoms with E-state index in [4.69, 9.17) is 4.74 Å². The number of methoxy groups -OCH3 is 1. The van der Waals surface area contributed by atoms with Crippen molar-refractivity contribution in [2.45, 2.75) is 32.3 Å². The lowest BCUT2D eigenvalue weighted by Gasteiger charge is -2.28. The summed E-state index contributed by atoms with van der Waals surface area (Å²) in [4.78, 5) is 0. The monoisotopic (exact) mass is 157 g/mol. The molecule has 0 aromatic heterocycles. The van der Waals surface area contributed by atoms with Gasteiger partial charge in [0.2, 0.25) is 0 Å². The zero-order valence-electron chi connectivity index (χ0n) is 7.60. The molecule has 0 aromatic rings. The predicted octanol–water partition coefficient (Wildman–Crippen LogP) is 1.41. The number of hydrogen-bond donors (Lipinski definition) is 1. The highest BCUT2D eigenvalue weighted by atomic mass is 16.5. The van der Waals surface area contributed by atoms with E-state index in [2.05, 4.69) is 12.2 Å². The summed E-state index contributed by atoms with van der Waals surface area (Å²) in [6.07, 6.45) is 4.22. The second kappa shape index (κ2) is 4.73. The molecule has 11 heavy (non-hydrogen) atoms. The van der Waals surface area contributed by atoms with E-state index >= 15 is 0 Å². The van der Waals surface area contributed by atoms with Crippen LogP contribution < -0.4 is 5.32 Å². The lowest BCUT2D eigenvalue weighted by molar-refractivity contribution is 0.0368. The zero-order valence-corrected chi connectivity index (χ0v) is 7.60. The van der Waals surface area contributed by atoms with E-state index in [1.54, 1.807) is 0 Å². The third-order valence-corrected chi connectivity index (χ3v) is 2.61. The van der Waals surface area contributed by atoms with E-state index in [1.807, 2.05) is 7.11 Å². The van der Waals surface area contributed by atoms with Gasteiger partial charge in [0.1, 0.15) is 0 Å². The van der Waals surface area contributed by atoms with Gasteiger partial charge in [-0.25, -0.2) is 0 Å². The Balaban J connectivity index is 2.30. The third-order valence-electron chi connectivity index (χ3n) is 2.61. The molecule has 0 radical (unpaired) electrons. The minimum atomic E-state index is 0.497. The fourth-order valence-corrected chi connectivity index (χ4v) is 1.91. The Morgan fingerprint density at radius 3 is 2.55 bits per heavy atom. The van der Waals surface area contributed by atoms with Crippen LogP contribution in [0.5, 0.6) is 0 Å². The molecular weight excluding hydrogens is 138 g/mol. The van der Waals surface area contributed by atoms with Gasteiger partial charge in [0.15, 0.2) is 0 Å². The molecule has 1 atom stereocenters. The van der Waals surface area contributed by atoms with Crippen LogP contribution in [-0.2, 0) is 4.74 Å². The largest absolute Gasteiger partial charge is 0.381 e. The van der Waals surface area contributed by atoms with Crippen LogP contribution in [0.2, 0.25) is 0 Å². The molecule has 1 saturated heterocycles. The molecule has 1 aliphatic heterocycles. The van der Waals surface area contributed by atoms with Crippen molar-refractivity contribution >= 4 is 0 Å². The highest BCUT2D eigenvalue weighted by molar-refractivity contribution is 4.74. The van der Waals surface area contributed by atoms with Gasteiger partial charge < -0.3 is 10.1 Å². The van der Waals surface area contributed by atoms with Gasteiger partial charge in [-0.15, -0.1) is 0 Å². The highest BCUT2D eigenvalue weighted by Crippen LogP contribution is 2.20. The van der Waals surface area contributed by atoms with E-state index in [9.17, 15) is 0 Å². The lowest BCUT2D eigenvalue weighted by Crippen LogP contribution is -2.34. The first kappa shape index (κ1) is 9.01. The average Bonchev–Trinajstić information content (AvgIpc) is 2.09. The van der Waals surface area contributed by atoms with Crippen LogP contribution in [0.15, 0.2) is 0 Å². The van der Waals surface area contributed by atoms with Crippen molar-refractivity contribution < 1.29 is 4.74 Å². The topological polar surface area (TPSA) is 21.3 Å². The Hall–Kier alpha value is -0.0800. The second-order valence-corrected chi connectivity index (χ2v) is 3.27. The van der Waals surface area contributed by atoms with Crippen molar-refractivity contribution in [3.8, 4) is 0 Å². The van der Waals surface area contributed by atoms with Crippen LogP contribution in [0.1, 0.15) is 26.2 Å². The van der Waals surface area contributed by atoms with Crippen molar-refractivity contribution in [2.24, 2.45) is 5.92 Å². The Labute approximate surface area is 69.3 Å². The normalized spacial score (nSPS) is 23.5. The Kier molecular flexibility index (Phi) is 3.87. The standard InChI is InChI=1S/C9H19NO/c1-3-9(11-2)8-4-6-10-7-5-8/h8-10H,3-7H2,1-2H3/t9-/m1/s1. The highest BCUT2D eigenvalue weighted by Gasteiger charge is 2.21. The molecule has 66 valence electrons. The summed E-state index contributed by atoms with van der Waals surface area (Å²) < 4.78 is 5.41. The van der Waals surface area contributed by atoms with Gasteiger partial charge in [-0.2, -0.15) is 0 Å². The Morgan fingerprint density at radius 2 is 2.09 bits per heavy atom. The molecule has 0 spiro atoms. The number of hydrogen-bond acceptors (Lipinski definition) is 2. The first-order chi connectivity index (χ1) is 5.38. The summed E-state index contributed by atoms with van der Waals surface area (Å²) in [5.74, 6) is 0.797. The van der Waals surface area contributed by atoms with E-state index in [0.717, 1.165) is 12.3 Å². The molecule has 0 bridgehead atoms. The van der Waals surface area contributed by atoms with Crippen molar-refractivity contribution in [2.75, 3.05) is 20.2 Å². The van der Waals surface area contributed by atoms with E-state index in [1.165, 1.54) is 25.9 Å². The molecule has 1 N–H and O–H groups in total. The maximum atomic E-state index is 5.41. The molecule has 2 heteroatoms. The minimum Gasteiger partial charge on any atom is -0.381 e. The summed E-state index contributed by atoms with van der Waals surface area (Å²) in [6, 6.07) is 0. The molecule has 0 aliphatic carbocycles. The van der Waals surface area contributed by atoms with Crippen molar-refractivity contribution in [1.29, 1.82) is 0 Å². The van der Waals surface area contributed by atoms with Gasteiger partial charge >= 0.3 is 0 Å². The van der Waals surface area contributed by atoms with Crippen LogP contribution in [-0.4, -0.2) is 26.3 Å². The molecular formula is C9H19NO. The molecule has 2 nitrogen and oxygen atoms in total. The third kappa shape index (κ3) is 2.46. The molecule has 0 amide bonds. The van der Waals surface area contributed by atoms with Crippen LogP contribution in [0.3, 0.4) is 0 Å². The second-order valence-electron chi connectivity index (χ2n) is 3.27. The minimum absolute atomic E-state index is 0.497. The summed E-state index contributed by atoms with van der Waals surface area (Å²) >= 11 is 0. The lowest BCUT2D eigenvalue weighted by atomic mass is 9.91. The summed E-state index contributed by atoms with van der Waals surface area (Å²) in [5.41, 5.74) is 0. The summed E-state index contributed by atoms with van der Waals surface area (Å²) in [5, 5.41) is 3.36. The zero-order chi connectivity index (χ0) is 8.10. The van der Waals surface area contributed by atoms with Gasteiger partial charge in [0.05, 0.1) is 6.10 Å². The fourth-order valence-electron chi connectivity index (χ4n) is 1.91. The first-order valence-electron chi connectivity index (χ1n) is 4.62. The average molecular weight is 157 g/mol. The van der Waals surface area contributed by atoms with Gasteiger partial charge in [-0.1, -0.05) is 6.92 Å². The van der Waals surface area contributed by atoms with Gasteiger partial charge in [0.25, 0.3) is 0 Å². The summed E-state index contributed by atoms with van der Waals surface area (Å²) in [6.45, 7) is 4.55. The molecule has 0 unspecified atom stereocenters. The maximum absolute atomic E-state index is 5.41. The van der Waals surface area contributed by atoms with Gasteiger partial charge in [0, 0.05) is 7.11 Å². The smallest absolute Gasteiger partial charge is 0.0597 e. The van der Waals surface area contributed by atoms with Crippen molar-refractivity contribution in [3.05, 3.63) is 0 Å². The predicted molar refractivity (Wildman–Crippen MR) is 46.7 cm³/mol. The van der Waals surface area contributed by atoms with Crippen molar-refractivity contribution in [1.82, 2.24) is 5.32 Å². The van der Waals surface area contributed by atoms with Crippen LogP contribution in [0.4, 0.5) is 0 Å². The number of nitrogens with one attached hydrogen (secondary N) is 1. The molecule has 1 fully saturated rings. The SMILES string of the molecule is CC[C@@H](OC)C1CCNCC1. The van der Waals surface area contributed by atoms with Gasteiger partial charge in [-0.3, -0.25) is 0 Å². The molecule has 0 aromatic carbocycles. The van der Waals surface area contributed by atoms with E-state index in [0.29, 0.717) is 6.10 Å². The van der Waals surface area contributed by atoms with Crippen molar-refractivity contribution in [3.63, 3.8) is 0 Å². The van der Waals surface area contributed by atoms with Crippen LogP contribution in [0.25, 0.3) is 0 Å². The first-order valence-corrected chi connectivity index (χ1v) is 4.62. The fraction of sp³-hybridized carbons (Fsp3) is 1.00. The number of rotatable bonds is 3.